The quantitative estimate of drug-likeness (QED) is 0.615. The van der Waals surface area contributed by atoms with Crippen LogP contribution in [0.1, 0.15) is 32.6 Å². The van der Waals surface area contributed by atoms with E-state index in [4.69, 9.17) is 4.74 Å². The zero-order chi connectivity index (χ0) is 23.6. The van der Waals surface area contributed by atoms with Crippen molar-refractivity contribution >= 4 is 15.9 Å². The number of fused-ring (bicyclic) bond motifs is 1. The Hall–Kier alpha value is -3.23. The van der Waals surface area contributed by atoms with E-state index >= 15 is 0 Å². The van der Waals surface area contributed by atoms with E-state index in [1.165, 1.54) is 10.4 Å². The molecule has 0 fully saturated rings. The zero-order valence-corrected chi connectivity index (χ0v) is 19.3. The third-order valence-electron chi connectivity index (χ3n) is 5.50. The number of hydrogen-bond donors (Lipinski definition) is 1. The molecule has 3 aromatic carbocycles. The van der Waals surface area contributed by atoms with E-state index in [0.717, 1.165) is 11.1 Å². The van der Waals surface area contributed by atoms with Crippen molar-refractivity contribution in [1.29, 1.82) is 0 Å². The molecule has 0 unspecified atom stereocenters. The fraction of sp³-hybridized carbons (Fsp3) is 0.240. The van der Waals surface area contributed by atoms with Crippen molar-refractivity contribution in [2.75, 3.05) is 13.2 Å². The Morgan fingerprint density at radius 1 is 1.06 bits per heavy atom. The molecule has 0 atom stereocenters. The van der Waals surface area contributed by atoms with E-state index in [0.29, 0.717) is 22.4 Å². The van der Waals surface area contributed by atoms with E-state index in [2.05, 4.69) is 5.32 Å². The largest absolute Gasteiger partial charge is 0.492 e. The van der Waals surface area contributed by atoms with Gasteiger partial charge in [0.15, 0.2) is 0 Å². The Morgan fingerprint density at radius 2 is 1.79 bits per heavy atom. The van der Waals surface area contributed by atoms with Crippen molar-refractivity contribution < 1.29 is 22.3 Å². The third-order valence-corrected chi connectivity index (χ3v) is 7.32. The first-order valence-corrected chi connectivity index (χ1v) is 12.0. The van der Waals surface area contributed by atoms with Gasteiger partial charge < -0.3 is 10.1 Å². The van der Waals surface area contributed by atoms with E-state index in [9.17, 15) is 17.6 Å². The van der Waals surface area contributed by atoms with Gasteiger partial charge in [-0.25, -0.2) is 12.8 Å². The Kier molecular flexibility index (Phi) is 6.49. The van der Waals surface area contributed by atoms with Crippen LogP contribution in [0.15, 0.2) is 65.6 Å². The molecule has 1 heterocycles. The van der Waals surface area contributed by atoms with E-state index in [1.807, 2.05) is 19.9 Å². The molecule has 1 amide bonds. The Labute approximate surface area is 193 Å². The van der Waals surface area contributed by atoms with E-state index < -0.39 is 10.0 Å². The molecule has 0 aromatic heterocycles. The van der Waals surface area contributed by atoms with Gasteiger partial charge in [-0.05, 0) is 61.4 Å². The van der Waals surface area contributed by atoms with Gasteiger partial charge in [-0.3, -0.25) is 4.79 Å². The lowest BCUT2D eigenvalue weighted by molar-refractivity contribution is 0.0950. The number of carbonyl (C=O) groups is 1. The standard InChI is InChI=1S/C25H25FN2O4S/c1-17-11-18(2)13-22(12-17)33(30,31)28-9-10-32-24-8-7-19(14-21(24)16-28)25(29)27-15-20-5-3-4-6-23(20)26/h3-8,11-14H,9-10,15-16H2,1-2H3,(H,27,29). The second-order valence-corrected chi connectivity index (χ2v) is 10.0. The number of ether oxygens (including phenoxy) is 1. The highest BCUT2D eigenvalue weighted by molar-refractivity contribution is 7.89. The van der Waals surface area contributed by atoms with E-state index in [1.54, 1.807) is 48.5 Å². The van der Waals surface area contributed by atoms with Crippen LogP contribution in [-0.2, 0) is 23.1 Å². The monoisotopic (exact) mass is 468 g/mol. The minimum atomic E-state index is -3.75. The van der Waals surface area contributed by atoms with Crippen molar-refractivity contribution in [3.63, 3.8) is 0 Å². The van der Waals surface area contributed by atoms with Gasteiger partial charge in [0.2, 0.25) is 10.0 Å². The SMILES string of the molecule is Cc1cc(C)cc(S(=O)(=O)N2CCOc3ccc(C(=O)NCc4ccccc4F)cc3C2)c1. The van der Waals surface area contributed by atoms with Crippen LogP contribution in [0, 0.1) is 19.7 Å². The van der Waals surface area contributed by atoms with Crippen LogP contribution < -0.4 is 10.1 Å². The molecule has 172 valence electrons. The average molecular weight is 469 g/mol. The molecule has 0 saturated heterocycles. The topological polar surface area (TPSA) is 75.7 Å². The van der Waals surface area contributed by atoms with Gasteiger partial charge in [0.25, 0.3) is 5.91 Å². The van der Waals surface area contributed by atoms with Crippen LogP contribution >= 0.6 is 0 Å². The minimum absolute atomic E-state index is 0.0479. The van der Waals surface area contributed by atoms with Crippen molar-refractivity contribution in [2.24, 2.45) is 0 Å². The highest BCUT2D eigenvalue weighted by Crippen LogP contribution is 2.28. The van der Waals surface area contributed by atoms with Crippen LogP contribution in [0.2, 0.25) is 0 Å². The Balaban J connectivity index is 1.56. The summed E-state index contributed by atoms with van der Waals surface area (Å²) in [6.07, 6.45) is 0. The number of nitrogens with one attached hydrogen (secondary N) is 1. The first kappa shape index (κ1) is 22.9. The number of amides is 1. The summed E-state index contributed by atoms with van der Waals surface area (Å²) in [6, 6.07) is 16.4. The summed E-state index contributed by atoms with van der Waals surface area (Å²) < 4.78 is 47.6. The number of nitrogens with zero attached hydrogens (tertiary/aromatic N) is 1. The molecule has 1 aliphatic heterocycles. The van der Waals surface area contributed by atoms with E-state index in [-0.39, 0.29) is 42.9 Å². The normalized spacial score (nSPS) is 14.2. The number of halogens is 1. The van der Waals surface area contributed by atoms with Gasteiger partial charge in [0.1, 0.15) is 18.2 Å². The summed E-state index contributed by atoms with van der Waals surface area (Å²) in [4.78, 5) is 12.9. The molecule has 0 aliphatic carbocycles. The van der Waals surface area contributed by atoms with Crippen LogP contribution in [0.4, 0.5) is 4.39 Å². The van der Waals surface area contributed by atoms with Crippen LogP contribution in [0.3, 0.4) is 0 Å². The number of benzene rings is 3. The van der Waals surface area contributed by atoms with Gasteiger partial charge >= 0.3 is 0 Å². The molecule has 4 rings (SSSR count). The molecular weight excluding hydrogens is 443 g/mol. The lowest BCUT2D eigenvalue weighted by atomic mass is 10.1. The number of aryl methyl sites for hydroxylation is 2. The summed E-state index contributed by atoms with van der Waals surface area (Å²) in [7, 11) is -3.75. The van der Waals surface area contributed by atoms with Gasteiger partial charge in [-0.1, -0.05) is 24.3 Å². The molecule has 0 bridgehead atoms. The highest BCUT2D eigenvalue weighted by atomic mass is 32.2. The number of rotatable bonds is 5. The van der Waals surface area contributed by atoms with Crippen molar-refractivity contribution in [3.05, 3.63) is 94.3 Å². The molecule has 8 heteroatoms. The predicted octanol–water partition coefficient (Wildman–Crippen LogP) is 3.96. The third kappa shape index (κ3) is 5.07. The maximum atomic E-state index is 13.8. The molecule has 0 spiro atoms. The second kappa shape index (κ2) is 9.33. The molecular formula is C25H25FN2O4S. The maximum absolute atomic E-state index is 13.8. The number of carbonyl (C=O) groups excluding carboxylic acids is 1. The highest BCUT2D eigenvalue weighted by Gasteiger charge is 2.28. The van der Waals surface area contributed by atoms with Gasteiger partial charge in [0, 0.05) is 36.3 Å². The molecule has 1 N–H and O–H groups in total. The van der Waals surface area contributed by atoms with Crippen molar-refractivity contribution in [2.45, 2.75) is 31.8 Å². The van der Waals surface area contributed by atoms with Crippen LogP contribution in [-0.4, -0.2) is 31.8 Å². The Morgan fingerprint density at radius 3 is 2.52 bits per heavy atom. The fourth-order valence-electron chi connectivity index (χ4n) is 3.87. The molecule has 0 radical (unpaired) electrons. The second-order valence-electron chi connectivity index (χ2n) is 8.11. The van der Waals surface area contributed by atoms with Crippen LogP contribution in [0.25, 0.3) is 0 Å². The number of hydrogen-bond acceptors (Lipinski definition) is 4. The molecule has 6 nitrogen and oxygen atoms in total. The number of sulfonamides is 1. The predicted molar refractivity (Wildman–Crippen MR) is 123 cm³/mol. The Bertz CT molecular complexity index is 1290. The van der Waals surface area contributed by atoms with Crippen molar-refractivity contribution in [3.8, 4) is 5.75 Å². The first-order chi connectivity index (χ1) is 15.7. The summed E-state index contributed by atoms with van der Waals surface area (Å²) >= 11 is 0. The van der Waals surface area contributed by atoms with Crippen molar-refractivity contribution in [1.82, 2.24) is 9.62 Å². The molecule has 0 saturated carbocycles. The summed E-state index contributed by atoms with van der Waals surface area (Å²) in [5, 5.41) is 2.71. The summed E-state index contributed by atoms with van der Waals surface area (Å²) in [5.41, 5.74) is 3.07. The van der Waals surface area contributed by atoms with Gasteiger partial charge in [-0.15, -0.1) is 0 Å². The lowest BCUT2D eigenvalue weighted by Crippen LogP contribution is -2.32. The van der Waals surface area contributed by atoms with Gasteiger partial charge in [0.05, 0.1) is 4.90 Å². The fourth-order valence-corrected chi connectivity index (χ4v) is 5.46. The molecule has 3 aromatic rings. The molecule has 33 heavy (non-hydrogen) atoms. The van der Waals surface area contributed by atoms with Crippen LogP contribution in [0.5, 0.6) is 5.75 Å². The smallest absolute Gasteiger partial charge is 0.251 e. The lowest BCUT2D eigenvalue weighted by Gasteiger charge is -2.20. The first-order valence-electron chi connectivity index (χ1n) is 10.6. The molecule has 1 aliphatic rings. The summed E-state index contributed by atoms with van der Waals surface area (Å²) in [5.74, 6) is -0.229. The maximum Gasteiger partial charge on any atom is 0.251 e. The average Bonchev–Trinajstić information content (AvgIpc) is 3.00. The summed E-state index contributed by atoms with van der Waals surface area (Å²) in [6.45, 7) is 4.25. The van der Waals surface area contributed by atoms with Gasteiger partial charge in [-0.2, -0.15) is 4.31 Å². The zero-order valence-electron chi connectivity index (χ0n) is 18.5. The minimum Gasteiger partial charge on any atom is -0.492 e.